The topological polar surface area (TPSA) is 63.4 Å². The number of anilines is 1. The van der Waals surface area contributed by atoms with Crippen molar-refractivity contribution in [2.75, 3.05) is 12.8 Å². The zero-order chi connectivity index (χ0) is 15.7. The van der Waals surface area contributed by atoms with Gasteiger partial charge in [0.2, 0.25) is 10.0 Å². The highest BCUT2D eigenvalue weighted by Crippen LogP contribution is 2.31. The zero-order valence-corrected chi connectivity index (χ0v) is 14.1. The van der Waals surface area contributed by atoms with E-state index in [1.54, 1.807) is 14.0 Å². The SMILES string of the molecule is CCC(CC)N(C)S(=O)(=O)c1c(C)cc(C)c(N)c1C. The Morgan fingerprint density at radius 1 is 1.15 bits per heavy atom. The lowest BCUT2D eigenvalue weighted by Crippen LogP contribution is -2.37. The molecule has 0 aromatic heterocycles. The Hall–Kier alpha value is -1.07. The Bertz CT molecular complexity index is 590. The fourth-order valence-corrected chi connectivity index (χ4v) is 4.66. The molecule has 0 bridgehead atoms. The fraction of sp³-hybridized carbons (Fsp3) is 0.600. The lowest BCUT2D eigenvalue weighted by Gasteiger charge is -2.27. The summed E-state index contributed by atoms with van der Waals surface area (Å²) in [5, 5.41) is 0. The first-order chi connectivity index (χ1) is 9.18. The van der Waals surface area contributed by atoms with Crippen LogP contribution in [0.5, 0.6) is 0 Å². The van der Waals surface area contributed by atoms with Gasteiger partial charge in [-0.15, -0.1) is 0 Å². The molecule has 0 aliphatic rings. The van der Waals surface area contributed by atoms with Crippen molar-refractivity contribution < 1.29 is 8.42 Å². The lowest BCUT2D eigenvalue weighted by molar-refractivity contribution is 0.349. The average Bonchev–Trinajstić information content (AvgIpc) is 2.37. The number of nitrogen functional groups attached to an aromatic ring is 1. The number of rotatable bonds is 5. The average molecular weight is 298 g/mol. The summed E-state index contributed by atoms with van der Waals surface area (Å²) in [6, 6.07) is 1.86. The predicted molar refractivity (Wildman–Crippen MR) is 84.4 cm³/mol. The summed E-state index contributed by atoms with van der Waals surface area (Å²) in [4.78, 5) is 0.356. The summed E-state index contributed by atoms with van der Waals surface area (Å²) >= 11 is 0. The van der Waals surface area contributed by atoms with Gasteiger partial charge in [-0.2, -0.15) is 4.31 Å². The number of sulfonamides is 1. The van der Waals surface area contributed by atoms with Gasteiger partial charge in [0.1, 0.15) is 0 Å². The minimum atomic E-state index is -3.51. The number of nitrogens with zero attached hydrogens (tertiary/aromatic N) is 1. The molecule has 1 aromatic carbocycles. The van der Waals surface area contributed by atoms with E-state index in [0.29, 0.717) is 16.1 Å². The van der Waals surface area contributed by atoms with Crippen molar-refractivity contribution in [2.45, 2.75) is 58.4 Å². The third-order valence-electron chi connectivity index (χ3n) is 4.05. The van der Waals surface area contributed by atoms with Crippen molar-refractivity contribution in [1.29, 1.82) is 0 Å². The molecule has 20 heavy (non-hydrogen) atoms. The van der Waals surface area contributed by atoms with E-state index in [9.17, 15) is 8.42 Å². The first kappa shape index (κ1) is 17.0. The molecular weight excluding hydrogens is 272 g/mol. The van der Waals surface area contributed by atoms with E-state index in [0.717, 1.165) is 24.0 Å². The molecule has 0 unspecified atom stereocenters. The largest absolute Gasteiger partial charge is 0.398 e. The second kappa shape index (κ2) is 6.14. The van der Waals surface area contributed by atoms with Gasteiger partial charge in [-0.1, -0.05) is 19.9 Å². The normalized spacial score (nSPS) is 12.4. The Balaban J connectivity index is 3.48. The lowest BCUT2D eigenvalue weighted by atomic mass is 10.1. The van der Waals surface area contributed by atoms with Crippen LogP contribution in [-0.4, -0.2) is 25.8 Å². The second-order valence-corrected chi connectivity index (χ2v) is 7.30. The molecule has 0 heterocycles. The van der Waals surface area contributed by atoms with E-state index < -0.39 is 10.0 Å². The Labute approximate surface area is 123 Å². The zero-order valence-electron chi connectivity index (χ0n) is 13.3. The maximum Gasteiger partial charge on any atom is 0.243 e. The van der Waals surface area contributed by atoms with Gasteiger partial charge in [0, 0.05) is 18.8 Å². The van der Waals surface area contributed by atoms with Gasteiger partial charge >= 0.3 is 0 Å². The molecule has 0 saturated carbocycles. The Kier molecular flexibility index (Phi) is 5.21. The van der Waals surface area contributed by atoms with Gasteiger partial charge in [-0.25, -0.2) is 8.42 Å². The molecule has 0 saturated heterocycles. The molecule has 0 fully saturated rings. The summed E-state index contributed by atoms with van der Waals surface area (Å²) < 4.78 is 27.2. The molecule has 0 radical (unpaired) electrons. The van der Waals surface area contributed by atoms with E-state index >= 15 is 0 Å². The van der Waals surface area contributed by atoms with Crippen molar-refractivity contribution in [3.8, 4) is 0 Å². The number of aryl methyl sites for hydroxylation is 2. The molecule has 1 rings (SSSR count). The van der Waals surface area contributed by atoms with Crippen LogP contribution < -0.4 is 5.73 Å². The van der Waals surface area contributed by atoms with E-state index in [2.05, 4.69) is 0 Å². The van der Waals surface area contributed by atoms with Gasteiger partial charge in [0.05, 0.1) is 4.90 Å². The van der Waals surface area contributed by atoms with Crippen molar-refractivity contribution in [3.63, 3.8) is 0 Å². The third-order valence-corrected chi connectivity index (χ3v) is 6.25. The van der Waals surface area contributed by atoms with Crippen LogP contribution in [0, 0.1) is 20.8 Å². The van der Waals surface area contributed by atoms with Crippen LogP contribution in [0.4, 0.5) is 5.69 Å². The Morgan fingerprint density at radius 3 is 2.10 bits per heavy atom. The van der Waals surface area contributed by atoms with E-state index in [-0.39, 0.29) is 6.04 Å². The minimum absolute atomic E-state index is 0.0151. The van der Waals surface area contributed by atoms with Gasteiger partial charge < -0.3 is 5.73 Å². The number of nitrogens with two attached hydrogens (primary N) is 1. The van der Waals surface area contributed by atoms with Crippen LogP contribution in [-0.2, 0) is 10.0 Å². The van der Waals surface area contributed by atoms with Crippen molar-refractivity contribution in [2.24, 2.45) is 0 Å². The first-order valence-corrected chi connectivity index (χ1v) is 8.46. The minimum Gasteiger partial charge on any atom is -0.398 e. The summed E-state index contributed by atoms with van der Waals surface area (Å²) in [5.41, 5.74) is 8.90. The van der Waals surface area contributed by atoms with E-state index in [4.69, 9.17) is 5.73 Å². The number of benzene rings is 1. The summed E-state index contributed by atoms with van der Waals surface area (Å²) in [7, 11) is -1.85. The van der Waals surface area contributed by atoms with Crippen LogP contribution in [0.15, 0.2) is 11.0 Å². The quantitative estimate of drug-likeness (QED) is 0.850. The molecule has 0 spiro atoms. The number of hydrogen-bond acceptors (Lipinski definition) is 3. The number of hydrogen-bond donors (Lipinski definition) is 1. The van der Waals surface area contributed by atoms with E-state index in [1.165, 1.54) is 4.31 Å². The smallest absolute Gasteiger partial charge is 0.243 e. The molecule has 0 aliphatic carbocycles. The molecular formula is C15H26N2O2S. The first-order valence-electron chi connectivity index (χ1n) is 7.02. The van der Waals surface area contributed by atoms with Crippen molar-refractivity contribution in [3.05, 3.63) is 22.8 Å². The van der Waals surface area contributed by atoms with Gasteiger partial charge in [0.15, 0.2) is 0 Å². The van der Waals surface area contributed by atoms with Crippen LogP contribution in [0.3, 0.4) is 0 Å². The van der Waals surface area contributed by atoms with Crippen LogP contribution in [0.1, 0.15) is 43.4 Å². The molecule has 4 nitrogen and oxygen atoms in total. The van der Waals surface area contributed by atoms with Gasteiger partial charge in [-0.05, 0) is 50.3 Å². The molecule has 0 atom stereocenters. The molecule has 2 N–H and O–H groups in total. The maximum absolute atomic E-state index is 12.9. The molecule has 0 aliphatic heterocycles. The second-order valence-electron chi connectivity index (χ2n) is 5.37. The Morgan fingerprint density at radius 2 is 1.65 bits per heavy atom. The highest BCUT2D eigenvalue weighted by atomic mass is 32.2. The van der Waals surface area contributed by atoms with E-state index in [1.807, 2.05) is 33.8 Å². The predicted octanol–water partition coefficient (Wildman–Crippen LogP) is 3.00. The van der Waals surface area contributed by atoms with Crippen LogP contribution in [0.25, 0.3) is 0 Å². The summed E-state index contributed by atoms with van der Waals surface area (Å²) in [5.74, 6) is 0. The highest BCUT2D eigenvalue weighted by Gasteiger charge is 2.29. The maximum atomic E-state index is 12.9. The summed E-state index contributed by atoms with van der Waals surface area (Å²) in [6.45, 7) is 9.51. The molecule has 5 heteroatoms. The molecule has 1 aromatic rings. The van der Waals surface area contributed by atoms with Crippen molar-refractivity contribution >= 4 is 15.7 Å². The standard InChI is InChI=1S/C15H26N2O2S/c1-7-13(8-2)17(6)20(18,19)15-11(4)9-10(3)14(16)12(15)5/h9,13H,7-8,16H2,1-6H3. The fourth-order valence-electron chi connectivity index (χ4n) is 2.72. The third kappa shape index (κ3) is 2.83. The highest BCUT2D eigenvalue weighted by molar-refractivity contribution is 7.89. The van der Waals surface area contributed by atoms with Crippen LogP contribution in [0.2, 0.25) is 0 Å². The van der Waals surface area contributed by atoms with Gasteiger partial charge in [0.25, 0.3) is 0 Å². The summed E-state index contributed by atoms with van der Waals surface area (Å²) in [6.07, 6.45) is 1.59. The van der Waals surface area contributed by atoms with Crippen molar-refractivity contribution in [1.82, 2.24) is 4.31 Å². The van der Waals surface area contributed by atoms with Crippen LogP contribution >= 0.6 is 0 Å². The van der Waals surface area contributed by atoms with Gasteiger partial charge in [-0.3, -0.25) is 0 Å². The monoisotopic (exact) mass is 298 g/mol. The molecule has 114 valence electrons. The molecule has 0 amide bonds.